The molecule has 1 aliphatic heterocycles. The quantitative estimate of drug-likeness (QED) is 0.789. The van der Waals surface area contributed by atoms with Gasteiger partial charge in [-0.3, -0.25) is 0 Å². The zero-order valence-electron chi connectivity index (χ0n) is 14.1. The Morgan fingerprint density at radius 1 is 1.12 bits per heavy atom. The van der Waals surface area contributed by atoms with E-state index in [4.69, 9.17) is 0 Å². The first-order chi connectivity index (χ1) is 12.3. The normalized spacial score (nSPS) is 18.4. The zero-order chi connectivity index (χ0) is 18.9. The molecule has 1 aliphatic rings. The third-order valence-corrected chi connectivity index (χ3v) is 6.82. The van der Waals surface area contributed by atoms with Crippen molar-refractivity contribution in [1.82, 2.24) is 4.31 Å². The number of carboxylic acids is 1. The van der Waals surface area contributed by atoms with Crippen LogP contribution in [0.5, 0.6) is 0 Å². The van der Waals surface area contributed by atoms with Gasteiger partial charge in [-0.2, -0.15) is 4.31 Å². The third kappa shape index (κ3) is 3.75. The lowest BCUT2D eigenvalue weighted by Crippen LogP contribution is -2.39. The van der Waals surface area contributed by atoms with Gasteiger partial charge in [0, 0.05) is 16.6 Å². The van der Waals surface area contributed by atoms with E-state index in [1.807, 2.05) is 31.2 Å². The second-order valence-electron chi connectivity index (χ2n) is 6.20. The number of hydrogen-bond acceptors (Lipinski definition) is 3. The van der Waals surface area contributed by atoms with Crippen LogP contribution in [0.25, 0.3) is 0 Å². The monoisotopic (exact) mass is 435 g/mol. The fourth-order valence-corrected chi connectivity index (χ4v) is 4.82. The molecule has 0 saturated heterocycles. The van der Waals surface area contributed by atoms with Gasteiger partial charge in [0.2, 0.25) is 10.0 Å². The van der Waals surface area contributed by atoms with Crippen molar-refractivity contribution < 1.29 is 18.3 Å². The fraction of sp³-hybridized carbons (Fsp3) is 0.211. The molecule has 1 N–H and O–H groups in total. The van der Waals surface area contributed by atoms with E-state index in [-0.39, 0.29) is 17.0 Å². The maximum Gasteiger partial charge on any atom is 0.332 e. The number of hydrogen-bond donors (Lipinski definition) is 1. The number of aliphatic carboxylic acids is 1. The van der Waals surface area contributed by atoms with Gasteiger partial charge in [0.05, 0.1) is 10.9 Å². The van der Waals surface area contributed by atoms with Crippen molar-refractivity contribution >= 4 is 31.9 Å². The van der Waals surface area contributed by atoms with E-state index in [2.05, 4.69) is 15.9 Å². The number of rotatable bonds is 4. The van der Waals surface area contributed by atoms with Crippen molar-refractivity contribution in [2.45, 2.75) is 24.3 Å². The Bertz CT molecular complexity index is 950. The predicted molar refractivity (Wildman–Crippen MR) is 102 cm³/mol. The first-order valence-corrected chi connectivity index (χ1v) is 10.3. The van der Waals surface area contributed by atoms with Gasteiger partial charge in [-0.1, -0.05) is 51.8 Å². The Morgan fingerprint density at radius 3 is 2.31 bits per heavy atom. The summed E-state index contributed by atoms with van der Waals surface area (Å²) in [5.74, 6) is -1.09. The molecule has 2 aromatic carbocycles. The molecule has 7 heteroatoms. The highest BCUT2D eigenvalue weighted by Gasteiger charge is 2.36. The lowest BCUT2D eigenvalue weighted by Gasteiger charge is -2.34. The summed E-state index contributed by atoms with van der Waals surface area (Å²) in [6.07, 6.45) is 1.92. The molecule has 0 aromatic heterocycles. The van der Waals surface area contributed by atoms with Crippen LogP contribution in [0.15, 0.2) is 69.5 Å². The molecule has 0 fully saturated rings. The van der Waals surface area contributed by atoms with Gasteiger partial charge in [0.1, 0.15) is 0 Å². The molecule has 0 saturated carbocycles. The van der Waals surface area contributed by atoms with Gasteiger partial charge in [-0.25, -0.2) is 13.2 Å². The minimum Gasteiger partial charge on any atom is -0.478 e. The summed E-state index contributed by atoms with van der Waals surface area (Å²) in [5, 5.41) is 9.33. The van der Waals surface area contributed by atoms with Crippen LogP contribution >= 0.6 is 15.9 Å². The minimum absolute atomic E-state index is 0.0917. The van der Waals surface area contributed by atoms with E-state index in [1.165, 1.54) is 4.31 Å². The molecular formula is C19H18BrNO4S. The van der Waals surface area contributed by atoms with Gasteiger partial charge in [0.25, 0.3) is 0 Å². The molecule has 1 heterocycles. The summed E-state index contributed by atoms with van der Waals surface area (Å²) < 4.78 is 28.6. The van der Waals surface area contributed by atoms with Crippen molar-refractivity contribution in [1.29, 1.82) is 0 Å². The second kappa shape index (κ2) is 7.34. The number of carboxylic acid groups (broad SMARTS) is 1. The van der Waals surface area contributed by atoms with Crippen LogP contribution in [0.3, 0.4) is 0 Å². The van der Waals surface area contributed by atoms with Gasteiger partial charge >= 0.3 is 5.97 Å². The standard InChI is InChI=1S/C19H18BrNO4S/c1-13-2-9-17(10-3-13)26(24,25)21-12-15(19(22)23)6-11-18(21)14-4-7-16(20)8-5-14/h2-10,18H,11-12H2,1H3,(H,22,23). The lowest BCUT2D eigenvalue weighted by molar-refractivity contribution is -0.133. The smallest absolute Gasteiger partial charge is 0.332 e. The molecule has 0 aliphatic carbocycles. The van der Waals surface area contributed by atoms with E-state index < -0.39 is 22.0 Å². The van der Waals surface area contributed by atoms with Gasteiger partial charge in [-0.15, -0.1) is 0 Å². The Balaban J connectivity index is 2.06. The zero-order valence-corrected chi connectivity index (χ0v) is 16.5. The summed E-state index contributed by atoms with van der Waals surface area (Å²) in [5.41, 5.74) is 1.87. The van der Waals surface area contributed by atoms with Crippen LogP contribution in [0, 0.1) is 6.92 Å². The van der Waals surface area contributed by atoms with E-state index in [9.17, 15) is 18.3 Å². The summed E-state index contributed by atoms with van der Waals surface area (Å²) in [7, 11) is -3.84. The molecule has 0 amide bonds. The summed E-state index contributed by atoms with van der Waals surface area (Å²) >= 11 is 3.37. The van der Waals surface area contributed by atoms with Gasteiger partial charge in [-0.05, 0) is 43.2 Å². The molecule has 1 unspecified atom stereocenters. The van der Waals surface area contributed by atoms with Crippen molar-refractivity contribution in [3.05, 3.63) is 75.8 Å². The summed E-state index contributed by atoms with van der Waals surface area (Å²) in [6.45, 7) is 1.72. The van der Waals surface area contributed by atoms with Crippen LogP contribution in [0.1, 0.15) is 23.6 Å². The highest BCUT2D eigenvalue weighted by atomic mass is 79.9. The minimum atomic E-state index is -3.84. The van der Waals surface area contributed by atoms with Crippen molar-refractivity contribution in [2.75, 3.05) is 6.54 Å². The molecule has 1 atom stereocenters. The maximum absolute atomic E-state index is 13.2. The van der Waals surface area contributed by atoms with Crippen LogP contribution in [-0.2, 0) is 14.8 Å². The molecule has 0 radical (unpaired) electrons. The maximum atomic E-state index is 13.2. The van der Waals surface area contributed by atoms with E-state index in [1.54, 1.807) is 30.3 Å². The summed E-state index contributed by atoms with van der Waals surface area (Å²) in [6, 6.07) is 13.5. The topological polar surface area (TPSA) is 74.7 Å². The predicted octanol–water partition coefficient (Wildman–Crippen LogP) is 3.90. The van der Waals surface area contributed by atoms with E-state index >= 15 is 0 Å². The van der Waals surface area contributed by atoms with Gasteiger partial charge in [0.15, 0.2) is 0 Å². The molecule has 5 nitrogen and oxygen atoms in total. The van der Waals surface area contributed by atoms with Gasteiger partial charge < -0.3 is 5.11 Å². The van der Waals surface area contributed by atoms with Crippen LogP contribution in [-0.4, -0.2) is 30.3 Å². The fourth-order valence-electron chi connectivity index (χ4n) is 2.95. The number of carbonyl (C=O) groups is 1. The first-order valence-electron chi connectivity index (χ1n) is 8.05. The molecule has 2 aromatic rings. The average Bonchev–Trinajstić information content (AvgIpc) is 2.62. The second-order valence-corrected chi connectivity index (χ2v) is 9.01. The average molecular weight is 436 g/mol. The molecule has 0 bridgehead atoms. The Kier molecular flexibility index (Phi) is 5.32. The van der Waals surface area contributed by atoms with E-state index in [0.717, 1.165) is 15.6 Å². The molecule has 0 spiro atoms. The van der Waals surface area contributed by atoms with Crippen molar-refractivity contribution in [3.8, 4) is 0 Å². The Morgan fingerprint density at radius 2 is 1.73 bits per heavy atom. The molecular weight excluding hydrogens is 418 g/mol. The molecule has 136 valence electrons. The van der Waals surface area contributed by atoms with Crippen LogP contribution < -0.4 is 0 Å². The van der Waals surface area contributed by atoms with Crippen LogP contribution in [0.4, 0.5) is 0 Å². The number of aryl methyl sites for hydroxylation is 1. The number of benzene rings is 2. The Hall–Kier alpha value is -1.96. The highest BCUT2D eigenvalue weighted by Crippen LogP contribution is 2.35. The lowest BCUT2D eigenvalue weighted by atomic mass is 9.98. The molecule has 26 heavy (non-hydrogen) atoms. The SMILES string of the molecule is Cc1ccc(S(=O)(=O)N2CC(C(=O)O)=CCC2c2ccc(Br)cc2)cc1. The number of halogens is 1. The summed E-state index contributed by atoms with van der Waals surface area (Å²) in [4.78, 5) is 11.6. The Labute approximate surface area is 161 Å². The van der Waals surface area contributed by atoms with Crippen molar-refractivity contribution in [3.63, 3.8) is 0 Å². The first kappa shape index (κ1) is 18.8. The van der Waals surface area contributed by atoms with E-state index in [0.29, 0.717) is 6.42 Å². The molecule has 3 rings (SSSR count). The third-order valence-electron chi connectivity index (χ3n) is 4.42. The number of sulfonamides is 1. The van der Waals surface area contributed by atoms with Crippen LogP contribution in [0.2, 0.25) is 0 Å². The number of nitrogens with zero attached hydrogens (tertiary/aromatic N) is 1. The highest BCUT2D eigenvalue weighted by molar-refractivity contribution is 9.10. The van der Waals surface area contributed by atoms with Crippen molar-refractivity contribution in [2.24, 2.45) is 0 Å². The largest absolute Gasteiger partial charge is 0.478 e.